The van der Waals surface area contributed by atoms with Gasteiger partial charge in [0.1, 0.15) is 0 Å². The van der Waals surface area contributed by atoms with Crippen LogP contribution in [-0.4, -0.2) is 58.5 Å². The van der Waals surface area contributed by atoms with Crippen molar-refractivity contribution in [3.63, 3.8) is 0 Å². The third-order valence-electron chi connectivity index (χ3n) is 5.35. The minimum atomic E-state index is -1.20. The molecule has 9 heteroatoms. The molecule has 4 rings (SSSR count). The molecule has 3 aromatic rings. The van der Waals surface area contributed by atoms with E-state index in [2.05, 4.69) is 4.98 Å². The first-order chi connectivity index (χ1) is 15.0. The summed E-state index contributed by atoms with van der Waals surface area (Å²) in [6, 6.07) is 10.8. The Bertz CT molecular complexity index is 1140. The van der Waals surface area contributed by atoms with Crippen molar-refractivity contribution >= 4 is 28.9 Å². The van der Waals surface area contributed by atoms with Gasteiger partial charge in [0.15, 0.2) is 17.4 Å². The van der Waals surface area contributed by atoms with E-state index in [-0.39, 0.29) is 31.3 Å². The highest BCUT2D eigenvalue weighted by Crippen LogP contribution is 2.42. The number of ether oxygens (including phenoxy) is 2. The maximum Gasteiger partial charge on any atom is 0.321 e. The molecule has 0 saturated carbocycles. The van der Waals surface area contributed by atoms with Gasteiger partial charge in [-0.1, -0.05) is 18.2 Å². The molecule has 0 aliphatic carbocycles. The highest BCUT2D eigenvalue weighted by molar-refractivity contribution is 6.08. The maximum atomic E-state index is 13.5. The predicted octanol–water partition coefficient (Wildman–Crippen LogP) is 2.21. The molecule has 0 radical (unpaired) electrons. The van der Waals surface area contributed by atoms with E-state index in [4.69, 9.17) is 9.47 Å². The second kappa shape index (κ2) is 8.27. The summed E-state index contributed by atoms with van der Waals surface area (Å²) in [5.41, 5.74) is 1.85. The van der Waals surface area contributed by atoms with Crippen LogP contribution in [-0.2, 0) is 19.1 Å². The Morgan fingerprint density at radius 3 is 2.65 bits per heavy atom. The number of amides is 1. The predicted molar refractivity (Wildman–Crippen MR) is 112 cm³/mol. The van der Waals surface area contributed by atoms with Crippen LogP contribution in [0.15, 0.2) is 42.5 Å². The monoisotopic (exact) mass is 425 g/mol. The van der Waals surface area contributed by atoms with Crippen LogP contribution in [0, 0.1) is 5.92 Å². The Morgan fingerprint density at radius 1 is 1.16 bits per heavy atom. The van der Waals surface area contributed by atoms with E-state index in [0.717, 1.165) is 5.52 Å². The van der Waals surface area contributed by atoms with Crippen molar-refractivity contribution in [1.29, 1.82) is 0 Å². The number of para-hydroxylation sites is 2. The number of hydrogen-bond acceptors (Lipinski definition) is 7. The molecule has 31 heavy (non-hydrogen) atoms. The third-order valence-corrected chi connectivity index (χ3v) is 5.35. The average Bonchev–Trinajstić information content (AvgIpc) is 3.13. The Hall–Kier alpha value is -3.59. The van der Waals surface area contributed by atoms with Crippen molar-refractivity contribution in [3.05, 3.63) is 48.0 Å². The van der Waals surface area contributed by atoms with Crippen molar-refractivity contribution in [2.24, 2.45) is 5.92 Å². The first-order valence-electron chi connectivity index (χ1n) is 9.93. The number of hydrogen-bond donors (Lipinski definition) is 2. The van der Waals surface area contributed by atoms with Crippen molar-refractivity contribution in [3.8, 4) is 11.5 Å². The standard InChI is InChI=1S/C22H23N3O6/c1-3-31-21(29)18-19(13-8-9-16(26)17(27)12-13)25-15-7-5-4-6-14(15)23-22(25)24(20(18)28)10-11-30-2/h4-9,12,18-19,26-27H,3,10-11H2,1-2H3/t18-,19-/m0/s1. The molecular weight excluding hydrogens is 402 g/mol. The molecule has 0 unspecified atom stereocenters. The Kier molecular flexibility index (Phi) is 5.51. The lowest BCUT2D eigenvalue weighted by molar-refractivity contribution is -0.153. The zero-order valence-electron chi connectivity index (χ0n) is 17.2. The van der Waals surface area contributed by atoms with E-state index in [1.54, 1.807) is 17.6 Å². The number of anilines is 1. The SMILES string of the molecule is CCOC(=O)[C@@H]1C(=O)N(CCOC)c2nc3ccccc3n2[C@H]1c1ccc(O)c(O)c1. The van der Waals surface area contributed by atoms with Crippen LogP contribution in [0.5, 0.6) is 11.5 Å². The summed E-state index contributed by atoms with van der Waals surface area (Å²) in [7, 11) is 1.53. The number of imidazole rings is 1. The van der Waals surface area contributed by atoms with Gasteiger partial charge in [-0.2, -0.15) is 0 Å². The lowest BCUT2D eigenvalue weighted by Crippen LogP contribution is -2.51. The van der Waals surface area contributed by atoms with Gasteiger partial charge in [0, 0.05) is 7.11 Å². The summed E-state index contributed by atoms with van der Waals surface area (Å²) in [6.07, 6.45) is 0. The van der Waals surface area contributed by atoms with Crippen LogP contribution in [0.25, 0.3) is 11.0 Å². The van der Waals surface area contributed by atoms with E-state index in [1.165, 1.54) is 24.1 Å². The number of phenols is 2. The number of rotatable bonds is 6. The molecule has 0 fully saturated rings. The molecule has 0 saturated heterocycles. The fourth-order valence-corrected chi connectivity index (χ4v) is 3.97. The molecular formula is C22H23N3O6. The van der Waals surface area contributed by atoms with Gasteiger partial charge >= 0.3 is 5.97 Å². The lowest BCUT2D eigenvalue weighted by Gasteiger charge is -2.37. The van der Waals surface area contributed by atoms with Crippen molar-refractivity contribution in [2.45, 2.75) is 13.0 Å². The summed E-state index contributed by atoms with van der Waals surface area (Å²) in [6.45, 7) is 2.26. The first kappa shape index (κ1) is 20.7. The summed E-state index contributed by atoms with van der Waals surface area (Å²) in [5.74, 6) is -2.60. The van der Waals surface area contributed by atoms with Gasteiger partial charge in [-0.3, -0.25) is 14.5 Å². The van der Waals surface area contributed by atoms with Gasteiger partial charge in [0.2, 0.25) is 11.9 Å². The molecule has 2 atom stereocenters. The summed E-state index contributed by atoms with van der Waals surface area (Å²) >= 11 is 0. The van der Waals surface area contributed by atoms with Crippen LogP contribution >= 0.6 is 0 Å². The van der Waals surface area contributed by atoms with E-state index >= 15 is 0 Å². The molecule has 162 valence electrons. The van der Waals surface area contributed by atoms with E-state index in [9.17, 15) is 19.8 Å². The molecule has 0 bridgehead atoms. The largest absolute Gasteiger partial charge is 0.504 e. The number of aromatic hydroxyl groups is 2. The van der Waals surface area contributed by atoms with E-state index in [0.29, 0.717) is 17.0 Å². The fourth-order valence-electron chi connectivity index (χ4n) is 3.97. The fraction of sp³-hybridized carbons (Fsp3) is 0.318. The Balaban J connectivity index is 1.99. The quantitative estimate of drug-likeness (QED) is 0.354. The van der Waals surface area contributed by atoms with Crippen molar-refractivity contribution in [2.75, 3.05) is 31.8 Å². The maximum absolute atomic E-state index is 13.5. The van der Waals surface area contributed by atoms with Gasteiger partial charge in [-0.25, -0.2) is 4.98 Å². The smallest absolute Gasteiger partial charge is 0.321 e. The molecule has 1 aliphatic heterocycles. The number of esters is 1. The lowest BCUT2D eigenvalue weighted by atomic mass is 9.89. The molecule has 2 heterocycles. The van der Waals surface area contributed by atoms with Crippen LogP contribution in [0.1, 0.15) is 18.5 Å². The number of methoxy groups -OCH3 is 1. The third kappa shape index (κ3) is 3.46. The topological polar surface area (TPSA) is 114 Å². The van der Waals surface area contributed by atoms with Gasteiger partial charge in [0.25, 0.3) is 0 Å². The number of nitrogens with zero attached hydrogens (tertiary/aromatic N) is 3. The second-order valence-corrected chi connectivity index (χ2v) is 7.18. The minimum absolute atomic E-state index is 0.117. The molecule has 9 nitrogen and oxygen atoms in total. The number of carbonyl (C=O) groups is 2. The zero-order valence-corrected chi connectivity index (χ0v) is 17.2. The normalized spacial score (nSPS) is 18.3. The van der Waals surface area contributed by atoms with Gasteiger partial charge < -0.3 is 24.3 Å². The average molecular weight is 425 g/mol. The number of carbonyl (C=O) groups excluding carboxylic acids is 2. The first-order valence-corrected chi connectivity index (χ1v) is 9.93. The zero-order chi connectivity index (χ0) is 22.1. The number of benzene rings is 2. The molecule has 2 N–H and O–H groups in total. The second-order valence-electron chi connectivity index (χ2n) is 7.18. The summed E-state index contributed by atoms with van der Waals surface area (Å²) < 4.78 is 12.2. The number of fused-ring (bicyclic) bond motifs is 3. The highest BCUT2D eigenvalue weighted by Gasteiger charge is 2.47. The van der Waals surface area contributed by atoms with E-state index < -0.39 is 23.8 Å². The highest BCUT2D eigenvalue weighted by atomic mass is 16.5. The number of phenolic OH excluding ortho intramolecular Hbond substituents is 2. The molecule has 1 aliphatic rings. The van der Waals surface area contributed by atoms with Crippen LogP contribution in [0.4, 0.5) is 5.95 Å². The molecule has 1 amide bonds. The molecule has 2 aromatic carbocycles. The summed E-state index contributed by atoms with van der Waals surface area (Å²) in [4.78, 5) is 32.6. The van der Waals surface area contributed by atoms with Crippen LogP contribution in [0.2, 0.25) is 0 Å². The van der Waals surface area contributed by atoms with E-state index in [1.807, 2.05) is 24.3 Å². The van der Waals surface area contributed by atoms with Crippen LogP contribution in [0.3, 0.4) is 0 Å². The minimum Gasteiger partial charge on any atom is -0.504 e. The van der Waals surface area contributed by atoms with Gasteiger partial charge in [0.05, 0.1) is 36.8 Å². The van der Waals surface area contributed by atoms with Crippen molar-refractivity contribution in [1.82, 2.24) is 9.55 Å². The summed E-state index contributed by atoms with van der Waals surface area (Å²) in [5, 5.41) is 19.9. The van der Waals surface area contributed by atoms with Crippen molar-refractivity contribution < 1.29 is 29.3 Å². The van der Waals surface area contributed by atoms with Gasteiger partial charge in [-0.15, -0.1) is 0 Å². The molecule has 1 aromatic heterocycles. The molecule has 0 spiro atoms. The van der Waals surface area contributed by atoms with Crippen LogP contribution < -0.4 is 4.90 Å². The number of aromatic nitrogens is 2. The Morgan fingerprint density at radius 2 is 1.94 bits per heavy atom. The Labute approximate surface area is 178 Å². The van der Waals surface area contributed by atoms with Gasteiger partial charge in [-0.05, 0) is 36.8 Å².